The first kappa shape index (κ1) is 25.9. The molecular formula is C29H36N6O3. The van der Waals surface area contributed by atoms with Crippen molar-refractivity contribution in [3.8, 4) is 11.5 Å². The Morgan fingerprint density at radius 1 is 1.08 bits per heavy atom. The van der Waals surface area contributed by atoms with E-state index < -0.39 is 0 Å². The molecule has 2 aromatic carbocycles. The van der Waals surface area contributed by atoms with E-state index in [-0.39, 0.29) is 23.9 Å². The van der Waals surface area contributed by atoms with Crippen LogP contribution in [0.25, 0.3) is 10.9 Å². The summed E-state index contributed by atoms with van der Waals surface area (Å²) in [6, 6.07) is 12.1. The molecule has 0 fully saturated rings. The van der Waals surface area contributed by atoms with E-state index in [0.29, 0.717) is 18.7 Å². The monoisotopic (exact) mass is 516 g/mol. The van der Waals surface area contributed by atoms with E-state index in [1.54, 1.807) is 0 Å². The Bertz CT molecular complexity index is 1520. The van der Waals surface area contributed by atoms with Crippen molar-refractivity contribution in [1.29, 1.82) is 0 Å². The molecule has 1 aliphatic heterocycles. The van der Waals surface area contributed by atoms with Gasteiger partial charge in [-0.1, -0.05) is 31.5 Å². The lowest BCUT2D eigenvalue weighted by Crippen LogP contribution is -2.36. The maximum Gasteiger partial charge on any atom is 0.252 e. The van der Waals surface area contributed by atoms with Gasteiger partial charge in [-0.25, -0.2) is 4.68 Å². The molecule has 0 spiro atoms. The number of rotatable bonds is 9. The fraction of sp³-hybridized carbons (Fsp3) is 0.448. The van der Waals surface area contributed by atoms with Crippen LogP contribution in [0.5, 0.6) is 11.5 Å². The van der Waals surface area contributed by atoms with Gasteiger partial charge in [-0.2, -0.15) is 0 Å². The van der Waals surface area contributed by atoms with E-state index in [4.69, 9.17) is 9.47 Å². The number of tetrazole rings is 1. The lowest BCUT2D eigenvalue weighted by molar-refractivity contribution is 0.150. The number of fused-ring (bicyclic) bond motifs is 2. The van der Waals surface area contributed by atoms with Crippen LogP contribution in [-0.2, 0) is 18.6 Å². The maximum absolute atomic E-state index is 13.3. The van der Waals surface area contributed by atoms with E-state index in [2.05, 4.69) is 72.2 Å². The lowest BCUT2D eigenvalue weighted by atomic mass is 10.0. The SMILES string of the molecule is CC[C@@H](c1nnnn1C(C)(C)CC)N(Cc1ccc2c(c1)OCO2)Cc1cc2cc(C)cc(C)c2[nH]c1=O. The number of pyridine rings is 1. The topological polar surface area (TPSA) is 98.2 Å². The number of aromatic amines is 1. The third-order valence-corrected chi connectivity index (χ3v) is 7.62. The smallest absolute Gasteiger partial charge is 0.252 e. The Labute approximate surface area is 222 Å². The zero-order valence-electron chi connectivity index (χ0n) is 23.0. The van der Waals surface area contributed by atoms with E-state index in [9.17, 15) is 4.79 Å². The molecule has 200 valence electrons. The number of hydrogen-bond donors (Lipinski definition) is 1. The summed E-state index contributed by atoms with van der Waals surface area (Å²) in [6.45, 7) is 13.9. The zero-order valence-corrected chi connectivity index (χ0v) is 23.0. The predicted octanol–water partition coefficient (Wildman–Crippen LogP) is 5.16. The summed E-state index contributed by atoms with van der Waals surface area (Å²) in [5, 5.41) is 14.0. The van der Waals surface area contributed by atoms with E-state index in [0.717, 1.165) is 57.8 Å². The van der Waals surface area contributed by atoms with Crippen molar-refractivity contribution in [1.82, 2.24) is 30.1 Å². The summed E-state index contributed by atoms with van der Waals surface area (Å²) in [5.74, 6) is 2.28. The normalized spacial score (nSPS) is 14.0. The Morgan fingerprint density at radius 3 is 2.63 bits per heavy atom. The molecule has 0 saturated carbocycles. The summed E-state index contributed by atoms with van der Waals surface area (Å²) in [4.78, 5) is 18.7. The number of aryl methyl sites for hydroxylation is 2. The molecule has 0 saturated heterocycles. The second kappa shape index (κ2) is 10.2. The van der Waals surface area contributed by atoms with Crippen molar-refractivity contribution in [2.24, 2.45) is 0 Å². The van der Waals surface area contributed by atoms with Crippen LogP contribution in [-0.4, -0.2) is 36.9 Å². The molecule has 0 radical (unpaired) electrons. The molecule has 1 aliphatic rings. The van der Waals surface area contributed by atoms with Crippen molar-refractivity contribution in [3.05, 3.63) is 74.8 Å². The minimum atomic E-state index is -0.244. The zero-order chi connectivity index (χ0) is 27.0. The summed E-state index contributed by atoms with van der Waals surface area (Å²) < 4.78 is 13.1. The van der Waals surface area contributed by atoms with Gasteiger partial charge in [-0.3, -0.25) is 9.69 Å². The summed E-state index contributed by atoms with van der Waals surface area (Å²) in [6.07, 6.45) is 1.65. The van der Waals surface area contributed by atoms with Crippen LogP contribution in [0.4, 0.5) is 0 Å². The van der Waals surface area contributed by atoms with Gasteiger partial charge in [0.2, 0.25) is 6.79 Å². The number of hydrogen-bond acceptors (Lipinski definition) is 7. The maximum atomic E-state index is 13.3. The molecule has 9 heteroatoms. The summed E-state index contributed by atoms with van der Waals surface area (Å²) in [5.41, 5.74) is 4.55. The largest absolute Gasteiger partial charge is 0.454 e. The van der Waals surface area contributed by atoms with E-state index in [1.165, 1.54) is 0 Å². The number of nitrogens with zero attached hydrogens (tertiary/aromatic N) is 5. The van der Waals surface area contributed by atoms with Gasteiger partial charge >= 0.3 is 0 Å². The van der Waals surface area contributed by atoms with Crippen molar-refractivity contribution in [2.75, 3.05) is 6.79 Å². The van der Waals surface area contributed by atoms with Crippen LogP contribution in [0.3, 0.4) is 0 Å². The molecular weight excluding hydrogens is 480 g/mol. The van der Waals surface area contributed by atoms with Crippen molar-refractivity contribution >= 4 is 10.9 Å². The summed E-state index contributed by atoms with van der Waals surface area (Å²) in [7, 11) is 0. The fourth-order valence-electron chi connectivity index (χ4n) is 5.21. The molecule has 38 heavy (non-hydrogen) atoms. The Morgan fingerprint density at radius 2 is 1.87 bits per heavy atom. The van der Waals surface area contributed by atoms with Crippen molar-refractivity contribution < 1.29 is 9.47 Å². The Hall–Kier alpha value is -3.72. The number of aromatic nitrogens is 5. The molecule has 2 aromatic heterocycles. The van der Waals surface area contributed by atoms with Crippen molar-refractivity contribution in [3.63, 3.8) is 0 Å². The van der Waals surface area contributed by atoms with Gasteiger partial charge in [0.1, 0.15) is 0 Å². The van der Waals surface area contributed by atoms with Gasteiger partial charge in [-0.05, 0) is 91.7 Å². The van der Waals surface area contributed by atoms with Gasteiger partial charge in [0.05, 0.1) is 17.1 Å². The molecule has 9 nitrogen and oxygen atoms in total. The summed E-state index contributed by atoms with van der Waals surface area (Å²) >= 11 is 0. The molecule has 4 aromatic rings. The lowest BCUT2D eigenvalue weighted by Gasteiger charge is -2.33. The van der Waals surface area contributed by atoms with E-state index >= 15 is 0 Å². The van der Waals surface area contributed by atoms with Gasteiger partial charge < -0.3 is 14.5 Å². The first-order chi connectivity index (χ1) is 18.2. The fourth-order valence-corrected chi connectivity index (χ4v) is 5.21. The highest BCUT2D eigenvalue weighted by atomic mass is 16.7. The van der Waals surface area contributed by atoms with Crippen LogP contribution in [0.2, 0.25) is 0 Å². The van der Waals surface area contributed by atoms with Gasteiger partial charge in [-0.15, -0.1) is 5.10 Å². The second-order valence-corrected chi connectivity index (χ2v) is 10.8. The minimum absolute atomic E-state index is 0.0801. The first-order valence-electron chi connectivity index (χ1n) is 13.2. The van der Waals surface area contributed by atoms with E-state index in [1.807, 2.05) is 35.9 Å². The van der Waals surface area contributed by atoms with Gasteiger partial charge in [0, 0.05) is 18.7 Å². The van der Waals surface area contributed by atoms with Gasteiger partial charge in [0.15, 0.2) is 17.3 Å². The molecule has 0 aliphatic carbocycles. The van der Waals surface area contributed by atoms with Crippen LogP contribution in [0, 0.1) is 13.8 Å². The number of H-pyrrole nitrogens is 1. The first-order valence-corrected chi connectivity index (χ1v) is 13.2. The standard InChI is InChI=1S/C29H36N6O3/c1-7-23(27-31-32-33-35(27)29(5,6)8-2)34(15-20-9-10-24-25(13-20)38-17-37-24)16-22-14-21-12-18(3)11-19(4)26(21)30-28(22)36/h9-14,23H,7-8,15-17H2,1-6H3,(H,30,36)/t23-/m0/s1. The number of nitrogens with one attached hydrogen (secondary N) is 1. The highest BCUT2D eigenvalue weighted by molar-refractivity contribution is 5.82. The van der Waals surface area contributed by atoms with Crippen LogP contribution < -0.4 is 15.0 Å². The molecule has 3 heterocycles. The quantitative estimate of drug-likeness (QED) is 0.328. The number of benzene rings is 2. The predicted molar refractivity (Wildman–Crippen MR) is 146 cm³/mol. The Kier molecular flexibility index (Phi) is 6.96. The number of ether oxygens (including phenoxy) is 2. The highest BCUT2D eigenvalue weighted by Crippen LogP contribution is 2.35. The minimum Gasteiger partial charge on any atom is -0.454 e. The molecule has 5 rings (SSSR count). The molecule has 0 bridgehead atoms. The average Bonchev–Trinajstić information content (AvgIpc) is 3.55. The van der Waals surface area contributed by atoms with Gasteiger partial charge in [0.25, 0.3) is 5.56 Å². The third-order valence-electron chi connectivity index (χ3n) is 7.62. The van der Waals surface area contributed by atoms with Crippen LogP contribution >= 0.6 is 0 Å². The molecule has 0 amide bonds. The second-order valence-electron chi connectivity index (χ2n) is 10.8. The average molecular weight is 517 g/mol. The third kappa shape index (κ3) is 4.90. The highest BCUT2D eigenvalue weighted by Gasteiger charge is 2.31. The molecule has 0 unspecified atom stereocenters. The molecule has 1 atom stereocenters. The van der Waals surface area contributed by atoms with Crippen LogP contribution in [0.1, 0.15) is 74.7 Å². The van der Waals surface area contributed by atoms with Crippen molar-refractivity contribution in [2.45, 2.75) is 79.1 Å². The molecule has 1 N–H and O–H groups in total. The Balaban J connectivity index is 1.58. The van der Waals surface area contributed by atoms with Crippen LogP contribution in [0.15, 0.2) is 41.2 Å².